The zero-order valence-electron chi connectivity index (χ0n) is 16.7. The number of benzene rings is 1. The molecule has 0 aliphatic heterocycles. The number of carbonyl (C=O) groups is 1. The van der Waals surface area contributed by atoms with E-state index < -0.39 is 15.1 Å². The Bertz CT molecular complexity index is 1110. The molecule has 1 aliphatic rings. The molecule has 6 nitrogen and oxygen atoms in total. The number of aromatic nitrogens is 1. The quantitative estimate of drug-likeness (QED) is 0.622. The van der Waals surface area contributed by atoms with Gasteiger partial charge in [-0.3, -0.25) is 9.78 Å². The Balaban J connectivity index is 1.42. The molecule has 2 atom stereocenters. The molecule has 1 fully saturated rings. The minimum Gasteiger partial charge on any atom is -0.380 e. The van der Waals surface area contributed by atoms with Crippen molar-refractivity contribution < 1.29 is 17.9 Å². The van der Waals surface area contributed by atoms with Gasteiger partial charge in [-0.1, -0.05) is 25.0 Å². The van der Waals surface area contributed by atoms with Gasteiger partial charge in [-0.25, -0.2) is 8.42 Å². The molecule has 1 aliphatic carbocycles. The van der Waals surface area contributed by atoms with Crippen LogP contribution in [0.2, 0.25) is 0 Å². The van der Waals surface area contributed by atoms with Crippen LogP contribution in [0.15, 0.2) is 53.7 Å². The van der Waals surface area contributed by atoms with Gasteiger partial charge in [0.05, 0.1) is 25.8 Å². The van der Waals surface area contributed by atoms with Crippen molar-refractivity contribution in [3.63, 3.8) is 0 Å². The van der Waals surface area contributed by atoms with Crippen molar-refractivity contribution in [2.75, 3.05) is 7.11 Å². The van der Waals surface area contributed by atoms with E-state index in [9.17, 15) is 13.2 Å². The molecule has 8 heteroatoms. The Kier molecular flexibility index (Phi) is 6.17. The van der Waals surface area contributed by atoms with E-state index in [1.54, 1.807) is 43.8 Å². The predicted octanol–water partition coefficient (Wildman–Crippen LogP) is 3.96. The van der Waals surface area contributed by atoms with Crippen molar-refractivity contribution in [1.82, 2.24) is 10.3 Å². The van der Waals surface area contributed by atoms with Gasteiger partial charge in [-0.2, -0.15) is 0 Å². The highest BCUT2D eigenvalue weighted by molar-refractivity contribution is 7.92. The molecule has 0 radical (unpaired) electrons. The van der Waals surface area contributed by atoms with E-state index in [4.69, 9.17) is 4.74 Å². The Morgan fingerprint density at radius 1 is 1.20 bits per heavy atom. The molecule has 2 aromatic heterocycles. The topological polar surface area (TPSA) is 85.4 Å². The Labute approximate surface area is 180 Å². The van der Waals surface area contributed by atoms with Crippen molar-refractivity contribution in [2.45, 2.75) is 48.5 Å². The zero-order valence-corrected chi connectivity index (χ0v) is 18.3. The van der Waals surface area contributed by atoms with Crippen LogP contribution in [0.5, 0.6) is 0 Å². The van der Waals surface area contributed by atoms with Gasteiger partial charge >= 0.3 is 0 Å². The number of carbonyl (C=O) groups excluding carboxylic acids is 1. The number of nitrogens with one attached hydrogen (secondary N) is 1. The Morgan fingerprint density at radius 3 is 2.70 bits per heavy atom. The van der Waals surface area contributed by atoms with Gasteiger partial charge in [-0.15, -0.1) is 11.3 Å². The fourth-order valence-corrected chi connectivity index (χ4v) is 6.86. The van der Waals surface area contributed by atoms with E-state index in [0.717, 1.165) is 34.9 Å². The molecule has 1 aromatic carbocycles. The van der Waals surface area contributed by atoms with Crippen LogP contribution in [0.25, 0.3) is 10.1 Å². The monoisotopic (exact) mass is 444 g/mol. The summed E-state index contributed by atoms with van der Waals surface area (Å²) in [5, 5.41) is 3.39. The maximum atomic E-state index is 13.1. The first-order valence-corrected chi connectivity index (χ1v) is 12.3. The maximum absolute atomic E-state index is 13.1. The number of rotatable bonds is 6. The molecule has 1 amide bonds. The molecule has 0 bridgehead atoms. The second kappa shape index (κ2) is 8.83. The number of nitrogens with zero attached hydrogens (tertiary/aromatic N) is 1. The fraction of sp³-hybridized carbons (Fsp3) is 0.364. The summed E-state index contributed by atoms with van der Waals surface area (Å²) in [5.41, 5.74) is 0.844. The van der Waals surface area contributed by atoms with Gasteiger partial charge in [0.15, 0.2) is 9.84 Å². The molecule has 3 aromatic rings. The van der Waals surface area contributed by atoms with Crippen molar-refractivity contribution >= 4 is 37.2 Å². The van der Waals surface area contributed by atoms with Gasteiger partial charge in [0.1, 0.15) is 0 Å². The van der Waals surface area contributed by atoms with Crippen molar-refractivity contribution in [3.05, 3.63) is 59.2 Å². The summed E-state index contributed by atoms with van der Waals surface area (Å²) in [6.07, 6.45) is 6.51. The van der Waals surface area contributed by atoms with Crippen molar-refractivity contribution in [2.24, 2.45) is 0 Å². The number of amides is 1. The number of sulfone groups is 1. The van der Waals surface area contributed by atoms with Crippen LogP contribution in [0.3, 0.4) is 0 Å². The molecule has 1 N–H and O–H groups in total. The summed E-state index contributed by atoms with van der Waals surface area (Å²) < 4.78 is 32.5. The first-order chi connectivity index (χ1) is 14.5. The van der Waals surface area contributed by atoms with E-state index in [-0.39, 0.29) is 12.0 Å². The molecule has 158 valence electrons. The van der Waals surface area contributed by atoms with Crippen LogP contribution < -0.4 is 5.32 Å². The second-order valence-corrected chi connectivity index (χ2v) is 10.7. The largest absolute Gasteiger partial charge is 0.380 e. The highest BCUT2D eigenvalue weighted by Gasteiger charge is 2.36. The normalized spacial score (nSPS) is 19.6. The van der Waals surface area contributed by atoms with Crippen LogP contribution in [0.4, 0.5) is 0 Å². The summed E-state index contributed by atoms with van der Waals surface area (Å²) in [6, 6.07) is 10.5. The molecule has 1 saturated carbocycles. The van der Waals surface area contributed by atoms with E-state index in [2.05, 4.69) is 10.3 Å². The average molecular weight is 445 g/mol. The fourth-order valence-electron chi connectivity index (χ4n) is 3.92. The summed E-state index contributed by atoms with van der Waals surface area (Å²) in [4.78, 5) is 17.5. The van der Waals surface area contributed by atoms with E-state index in [1.807, 2.05) is 12.1 Å². The predicted molar refractivity (Wildman–Crippen MR) is 117 cm³/mol. The maximum Gasteiger partial charge on any atom is 0.261 e. The second-order valence-electron chi connectivity index (χ2n) is 7.49. The minimum absolute atomic E-state index is 0.155. The number of fused-ring (bicyclic) bond motifs is 1. The molecular formula is C22H24N2O4S2. The average Bonchev–Trinajstić information content (AvgIpc) is 3.22. The van der Waals surface area contributed by atoms with Crippen LogP contribution in [0.1, 0.15) is 40.9 Å². The third kappa shape index (κ3) is 4.26. The highest BCUT2D eigenvalue weighted by atomic mass is 32.2. The lowest BCUT2D eigenvalue weighted by molar-refractivity contribution is 0.0738. The molecular weight excluding hydrogens is 420 g/mol. The molecule has 0 spiro atoms. The summed E-state index contributed by atoms with van der Waals surface area (Å²) in [5.74, 6) is -0.155. The van der Waals surface area contributed by atoms with E-state index in [0.29, 0.717) is 22.7 Å². The number of methoxy groups -OCH3 is 1. The lowest BCUT2D eigenvalue weighted by atomic mass is 9.97. The molecule has 2 heterocycles. The first kappa shape index (κ1) is 21.0. The summed E-state index contributed by atoms with van der Waals surface area (Å²) in [6.45, 7) is 0.329. The number of hydrogen-bond donors (Lipinski definition) is 1. The van der Waals surface area contributed by atoms with Gasteiger partial charge in [0.25, 0.3) is 5.91 Å². The third-order valence-electron chi connectivity index (χ3n) is 5.59. The zero-order chi connectivity index (χ0) is 21.1. The van der Waals surface area contributed by atoms with E-state index >= 15 is 0 Å². The van der Waals surface area contributed by atoms with Gasteiger partial charge < -0.3 is 10.1 Å². The van der Waals surface area contributed by atoms with E-state index in [1.165, 1.54) is 11.3 Å². The summed E-state index contributed by atoms with van der Waals surface area (Å²) in [7, 11) is -1.87. The molecule has 2 unspecified atom stereocenters. The van der Waals surface area contributed by atoms with Gasteiger partial charge in [0, 0.05) is 26.0 Å². The lowest BCUT2D eigenvalue weighted by Crippen LogP contribution is -2.38. The highest BCUT2D eigenvalue weighted by Crippen LogP contribution is 2.30. The number of thiophene rings is 1. The summed E-state index contributed by atoms with van der Waals surface area (Å²) >= 11 is 1.40. The van der Waals surface area contributed by atoms with Crippen molar-refractivity contribution in [3.8, 4) is 0 Å². The van der Waals surface area contributed by atoms with Crippen molar-refractivity contribution in [1.29, 1.82) is 0 Å². The SMILES string of the molecule is COC1CCCCC1S(=O)(=O)c1ccc(CNC(=O)c2cc3ccncc3s2)cc1. The number of pyridine rings is 1. The van der Waals surface area contributed by atoms with Crippen LogP contribution in [0, 0.1) is 0 Å². The number of hydrogen-bond acceptors (Lipinski definition) is 6. The third-order valence-corrected chi connectivity index (χ3v) is 8.94. The van der Waals surface area contributed by atoms with Crippen LogP contribution in [-0.2, 0) is 21.1 Å². The lowest BCUT2D eigenvalue weighted by Gasteiger charge is -2.30. The standard InChI is InChI=1S/C22H24N2O4S2/c1-28-18-4-2-3-5-21(18)30(26,27)17-8-6-15(7-9-17)13-24-22(25)19-12-16-10-11-23-14-20(16)29-19/h6-12,14,18,21H,2-5,13H2,1H3,(H,24,25). The molecule has 0 saturated heterocycles. The first-order valence-electron chi connectivity index (χ1n) is 9.96. The molecule has 4 rings (SSSR count). The Hall–Kier alpha value is -2.29. The van der Waals surface area contributed by atoms with Gasteiger partial charge in [0.2, 0.25) is 0 Å². The minimum atomic E-state index is -3.45. The molecule has 30 heavy (non-hydrogen) atoms. The smallest absolute Gasteiger partial charge is 0.261 e. The van der Waals surface area contributed by atoms with Gasteiger partial charge in [-0.05, 0) is 48.1 Å². The van der Waals surface area contributed by atoms with Crippen LogP contribution in [-0.4, -0.2) is 37.8 Å². The Morgan fingerprint density at radius 2 is 1.97 bits per heavy atom. The number of ether oxygens (including phenoxy) is 1. The van der Waals surface area contributed by atoms with Crippen LogP contribution >= 0.6 is 11.3 Å².